The van der Waals surface area contributed by atoms with Crippen LogP contribution in [0, 0.1) is 13.8 Å². The molecular weight excluding hydrogens is 214 g/mol. The fraction of sp³-hybridized carbons (Fsp3) is 0.500. The van der Waals surface area contributed by atoms with E-state index in [1.165, 1.54) is 0 Å². The third-order valence-corrected chi connectivity index (χ3v) is 2.79. The molecule has 0 saturated heterocycles. The molecule has 0 spiro atoms. The van der Waals surface area contributed by atoms with Gasteiger partial charge in [0.1, 0.15) is 5.75 Å². The highest BCUT2D eigenvalue weighted by Gasteiger charge is 2.19. The topological polar surface area (TPSA) is 38.3 Å². The Bertz CT molecular complexity index is 413. The Labute approximate surface area is 103 Å². The lowest BCUT2D eigenvalue weighted by molar-refractivity contribution is 0.0948. The maximum absolute atomic E-state index is 12.3. The van der Waals surface area contributed by atoms with Crippen molar-refractivity contribution in [3.05, 3.63) is 28.8 Å². The van der Waals surface area contributed by atoms with Crippen LogP contribution in [0.15, 0.2) is 12.1 Å². The molecule has 0 heterocycles. The molecule has 0 fully saturated rings. The monoisotopic (exact) mass is 235 g/mol. The Morgan fingerprint density at radius 1 is 1.41 bits per heavy atom. The van der Waals surface area contributed by atoms with E-state index in [9.17, 15) is 4.79 Å². The van der Waals surface area contributed by atoms with Gasteiger partial charge in [-0.3, -0.25) is 4.79 Å². The van der Waals surface area contributed by atoms with Gasteiger partial charge in [-0.2, -0.15) is 0 Å². The number of ketones is 1. The van der Waals surface area contributed by atoms with Gasteiger partial charge in [0.2, 0.25) is 0 Å². The van der Waals surface area contributed by atoms with E-state index in [1.54, 1.807) is 7.11 Å². The first-order chi connectivity index (χ1) is 8.01. The molecule has 1 aromatic carbocycles. The lowest BCUT2D eigenvalue weighted by atomic mass is 9.99. The average Bonchev–Trinajstić information content (AvgIpc) is 2.27. The van der Waals surface area contributed by atoms with E-state index in [1.807, 2.05) is 39.8 Å². The number of benzene rings is 1. The number of aryl methyl sites for hydroxylation is 2. The second-order valence-corrected chi connectivity index (χ2v) is 4.31. The number of ether oxygens (including phenoxy) is 1. The van der Waals surface area contributed by atoms with Gasteiger partial charge >= 0.3 is 0 Å². The first-order valence-electron chi connectivity index (χ1n) is 5.94. The quantitative estimate of drug-likeness (QED) is 0.797. The van der Waals surface area contributed by atoms with Crippen molar-refractivity contribution in [3.63, 3.8) is 0 Å². The van der Waals surface area contributed by atoms with Crippen molar-refractivity contribution in [2.75, 3.05) is 13.7 Å². The molecule has 0 bridgehead atoms. The van der Waals surface area contributed by atoms with Crippen LogP contribution in [-0.2, 0) is 0 Å². The average molecular weight is 235 g/mol. The minimum absolute atomic E-state index is 0.0792. The minimum Gasteiger partial charge on any atom is -0.496 e. The molecular formula is C14H21NO2. The standard InChI is InChI=1S/C14H21NO2/c1-6-15-11(4)13(16)12-8-9(2)7-10(3)14(12)17-5/h7-8,11,15H,6H2,1-5H3. The summed E-state index contributed by atoms with van der Waals surface area (Å²) < 4.78 is 5.33. The summed E-state index contributed by atoms with van der Waals surface area (Å²) in [5.74, 6) is 0.765. The Balaban J connectivity index is 3.16. The van der Waals surface area contributed by atoms with Crippen LogP contribution in [0.4, 0.5) is 0 Å². The number of methoxy groups -OCH3 is 1. The fourth-order valence-electron chi connectivity index (χ4n) is 2.04. The van der Waals surface area contributed by atoms with Crippen LogP contribution < -0.4 is 10.1 Å². The van der Waals surface area contributed by atoms with E-state index >= 15 is 0 Å². The summed E-state index contributed by atoms with van der Waals surface area (Å²) in [5, 5.41) is 3.13. The van der Waals surface area contributed by atoms with Gasteiger partial charge in [0.15, 0.2) is 5.78 Å². The number of nitrogens with one attached hydrogen (secondary N) is 1. The van der Waals surface area contributed by atoms with Crippen molar-refractivity contribution in [1.82, 2.24) is 5.32 Å². The summed E-state index contributed by atoms with van der Waals surface area (Å²) in [6.45, 7) is 8.59. The van der Waals surface area contributed by atoms with E-state index < -0.39 is 0 Å². The van der Waals surface area contributed by atoms with Crippen molar-refractivity contribution >= 4 is 5.78 Å². The fourth-order valence-corrected chi connectivity index (χ4v) is 2.04. The van der Waals surface area contributed by atoms with Crippen molar-refractivity contribution in [1.29, 1.82) is 0 Å². The van der Waals surface area contributed by atoms with Gasteiger partial charge in [-0.05, 0) is 44.5 Å². The van der Waals surface area contributed by atoms with Gasteiger partial charge in [0.25, 0.3) is 0 Å². The maximum Gasteiger partial charge on any atom is 0.183 e. The van der Waals surface area contributed by atoms with Crippen LogP contribution in [0.2, 0.25) is 0 Å². The number of Topliss-reactive ketones (excluding diaryl/α,β-unsaturated/α-hetero) is 1. The molecule has 0 aromatic heterocycles. The van der Waals surface area contributed by atoms with Crippen molar-refractivity contribution in [3.8, 4) is 5.75 Å². The van der Waals surface area contributed by atoms with E-state index in [4.69, 9.17) is 4.74 Å². The molecule has 1 N–H and O–H groups in total. The number of carbonyl (C=O) groups is 1. The molecule has 0 aliphatic rings. The zero-order chi connectivity index (χ0) is 13.0. The third-order valence-electron chi connectivity index (χ3n) is 2.79. The molecule has 0 radical (unpaired) electrons. The van der Waals surface area contributed by atoms with Gasteiger partial charge in [-0.25, -0.2) is 0 Å². The Kier molecular flexibility index (Phi) is 4.70. The smallest absolute Gasteiger partial charge is 0.183 e. The second kappa shape index (κ2) is 5.82. The van der Waals surface area contributed by atoms with Gasteiger partial charge in [-0.15, -0.1) is 0 Å². The lowest BCUT2D eigenvalue weighted by Gasteiger charge is -2.16. The Morgan fingerprint density at radius 2 is 2.06 bits per heavy atom. The normalized spacial score (nSPS) is 12.3. The van der Waals surface area contributed by atoms with Crippen LogP contribution in [-0.4, -0.2) is 25.5 Å². The number of hydrogen-bond acceptors (Lipinski definition) is 3. The van der Waals surface area contributed by atoms with Gasteiger partial charge in [0, 0.05) is 0 Å². The van der Waals surface area contributed by atoms with Crippen LogP contribution in [0.3, 0.4) is 0 Å². The summed E-state index contributed by atoms with van der Waals surface area (Å²) in [5.41, 5.74) is 2.74. The van der Waals surface area contributed by atoms with E-state index in [-0.39, 0.29) is 11.8 Å². The van der Waals surface area contributed by atoms with Gasteiger partial charge < -0.3 is 10.1 Å². The highest BCUT2D eigenvalue weighted by Crippen LogP contribution is 2.26. The number of carbonyl (C=O) groups excluding carboxylic acids is 1. The van der Waals surface area contributed by atoms with Crippen molar-refractivity contribution in [2.45, 2.75) is 33.7 Å². The van der Waals surface area contributed by atoms with Crippen LogP contribution >= 0.6 is 0 Å². The van der Waals surface area contributed by atoms with E-state index in [0.717, 1.165) is 17.7 Å². The number of rotatable bonds is 5. The zero-order valence-electron chi connectivity index (χ0n) is 11.3. The molecule has 0 aliphatic carbocycles. The van der Waals surface area contributed by atoms with Crippen LogP contribution in [0.25, 0.3) is 0 Å². The number of hydrogen-bond donors (Lipinski definition) is 1. The minimum atomic E-state index is -0.185. The van der Waals surface area contributed by atoms with E-state index in [2.05, 4.69) is 5.32 Å². The van der Waals surface area contributed by atoms with E-state index in [0.29, 0.717) is 11.3 Å². The summed E-state index contributed by atoms with van der Waals surface area (Å²) in [7, 11) is 1.60. The highest BCUT2D eigenvalue weighted by atomic mass is 16.5. The van der Waals surface area contributed by atoms with Crippen LogP contribution in [0.1, 0.15) is 35.3 Å². The molecule has 0 aliphatic heterocycles. The molecule has 1 rings (SSSR count). The molecule has 3 nitrogen and oxygen atoms in total. The van der Waals surface area contributed by atoms with Gasteiger partial charge in [-0.1, -0.05) is 13.0 Å². The molecule has 17 heavy (non-hydrogen) atoms. The van der Waals surface area contributed by atoms with Crippen molar-refractivity contribution in [2.24, 2.45) is 0 Å². The molecule has 0 saturated carbocycles. The molecule has 94 valence electrons. The zero-order valence-corrected chi connectivity index (χ0v) is 11.3. The summed E-state index contributed by atoms with van der Waals surface area (Å²) in [6.07, 6.45) is 0. The second-order valence-electron chi connectivity index (χ2n) is 4.31. The highest BCUT2D eigenvalue weighted by molar-refractivity contribution is 6.02. The molecule has 1 unspecified atom stereocenters. The predicted molar refractivity (Wildman–Crippen MR) is 69.9 cm³/mol. The Hall–Kier alpha value is -1.35. The van der Waals surface area contributed by atoms with Crippen LogP contribution in [0.5, 0.6) is 5.75 Å². The summed E-state index contributed by atoms with van der Waals surface area (Å²) in [4.78, 5) is 12.3. The lowest BCUT2D eigenvalue weighted by Crippen LogP contribution is -2.34. The molecule has 1 atom stereocenters. The maximum atomic E-state index is 12.3. The Morgan fingerprint density at radius 3 is 2.59 bits per heavy atom. The first-order valence-corrected chi connectivity index (χ1v) is 5.94. The van der Waals surface area contributed by atoms with Crippen molar-refractivity contribution < 1.29 is 9.53 Å². The summed E-state index contributed by atoms with van der Waals surface area (Å²) in [6, 6.07) is 3.73. The SMILES string of the molecule is CCNC(C)C(=O)c1cc(C)cc(C)c1OC. The summed E-state index contributed by atoms with van der Waals surface area (Å²) >= 11 is 0. The van der Waals surface area contributed by atoms with Gasteiger partial charge in [0.05, 0.1) is 18.7 Å². The molecule has 0 amide bonds. The predicted octanol–water partition coefficient (Wildman–Crippen LogP) is 2.49. The molecule has 1 aromatic rings. The number of likely N-dealkylation sites (N-methyl/N-ethyl adjacent to an activating group) is 1. The third kappa shape index (κ3) is 3.07. The largest absolute Gasteiger partial charge is 0.496 e. The first kappa shape index (κ1) is 13.7. The molecule has 3 heteroatoms.